The SMILES string of the molecule is C/C=C(\C)c1ccc([C@H](C)CCC(C)CCC(C)CCC)cc1. The third-order valence-corrected chi connectivity index (χ3v) is 5.39. The second kappa shape index (κ2) is 10.7. The van der Waals surface area contributed by atoms with Gasteiger partial charge in [-0.2, -0.15) is 0 Å². The van der Waals surface area contributed by atoms with Crippen LogP contribution in [0.4, 0.5) is 0 Å². The summed E-state index contributed by atoms with van der Waals surface area (Å²) in [5, 5.41) is 0. The molecule has 1 aromatic rings. The van der Waals surface area contributed by atoms with E-state index in [2.05, 4.69) is 71.9 Å². The van der Waals surface area contributed by atoms with E-state index in [9.17, 15) is 0 Å². The Bertz CT molecular complexity index is 451. The first-order chi connectivity index (χ1) is 11.0. The first-order valence-electron chi connectivity index (χ1n) is 9.71. The highest BCUT2D eigenvalue weighted by Crippen LogP contribution is 2.27. The second-order valence-corrected chi connectivity index (χ2v) is 7.65. The van der Waals surface area contributed by atoms with E-state index >= 15 is 0 Å². The van der Waals surface area contributed by atoms with Crippen LogP contribution in [0.3, 0.4) is 0 Å². The Kier molecular flexibility index (Phi) is 9.29. The van der Waals surface area contributed by atoms with Crippen molar-refractivity contribution in [2.45, 2.75) is 86.0 Å². The molecule has 0 saturated carbocycles. The molecule has 0 saturated heterocycles. The molecule has 130 valence electrons. The minimum atomic E-state index is 0.672. The monoisotopic (exact) mass is 314 g/mol. The third-order valence-electron chi connectivity index (χ3n) is 5.39. The van der Waals surface area contributed by atoms with Crippen molar-refractivity contribution in [2.75, 3.05) is 0 Å². The Morgan fingerprint density at radius 3 is 1.91 bits per heavy atom. The van der Waals surface area contributed by atoms with Gasteiger partial charge in [0.25, 0.3) is 0 Å². The molecule has 0 aliphatic heterocycles. The van der Waals surface area contributed by atoms with Gasteiger partial charge in [0.1, 0.15) is 0 Å². The number of allylic oxidation sites excluding steroid dienone is 2. The van der Waals surface area contributed by atoms with E-state index in [1.54, 1.807) is 0 Å². The molecule has 2 unspecified atom stereocenters. The summed E-state index contributed by atoms with van der Waals surface area (Å²) in [6.45, 7) is 13.8. The molecular formula is C23H38. The van der Waals surface area contributed by atoms with Crippen LogP contribution in [0.2, 0.25) is 0 Å². The number of hydrogen-bond donors (Lipinski definition) is 0. The molecule has 0 N–H and O–H groups in total. The standard InChI is InChI=1S/C23H38/c1-7-9-18(3)10-11-19(4)12-13-21(6)23-16-14-22(15-17-23)20(5)8-2/h8,14-19,21H,7,9-13H2,1-6H3/b20-8+/t18?,19?,21-/m1/s1. The summed E-state index contributed by atoms with van der Waals surface area (Å²) in [4.78, 5) is 0. The Labute approximate surface area is 145 Å². The minimum absolute atomic E-state index is 0.672. The summed E-state index contributed by atoms with van der Waals surface area (Å²) in [5.74, 6) is 2.44. The Balaban J connectivity index is 2.39. The Morgan fingerprint density at radius 2 is 1.39 bits per heavy atom. The third kappa shape index (κ3) is 7.38. The van der Waals surface area contributed by atoms with Gasteiger partial charge in [0.2, 0.25) is 0 Å². The molecule has 0 heterocycles. The van der Waals surface area contributed by atoms with Crippen LogP contribution in [-0.2, 0) is 0 Å². The fraction of sp³-hybridized carbons (Fsp3) is 0.652. The number of rotatable bonds is 10. The summed E-state index contributed by atoms with van der Waals surface area (Å²) in [6.07, 6.45) is 10.4. The van der Waals surface area contributed by atoms with Gasteiger partial charge < -0.3 is 0 Å². The summed E-state index contributed by atoms with van der Waals surface area (Å²) in [5.41, 5.74) is 4.20. The molecule has 0 heteroatoms. The van der Waals surface area contributed by atoms with E-state index in [1.807, 2.05) is 0 Å². The lowest BCUT2D eigenvalue weighted by Crippen LogP contribution is -2.03. The van der Waals surface area contributed by atoms with Crippen molar-refractivity contribution in [1.82, 2.24) is 0 Å². The maximum absolute atomic E-state index is 2.43. The molecule has 0 aliphatic carbocycles. The topological polar surface area (TPSA) is 0 Å². The molecule has 3 atom stereocenters. The molecule has 0 radical (unpaired) electrons. The zero-order chi connectivity index (χ0) is 17.2. The van der Waals surface area contributed by atoms with E-state index in [4.69, 9.17) is 0 Å². The minimum Gasteiger partial charge on any atom is -0.0841 e. The predicted molar refractivity (Wildman–Crippen MR) is 106 cm³/mol. The fourth-order valence-electron chi connectivity index (χ4n) is 3.29. The van der Waals surface area contributed by atoms with Gasteiger partial charge in [-0.15, -0.1) is 0 Å². The summed E-state index contributed by atoms with van der Waals surface area (Å²) >= 11 is 0. The molecular weight excluding hydrogens is 276 g/mol. The van der Waals surface area contributed by atoms with Crippen molar-refractivity contribution in [3.05, 3.63) is 41.5 Å². The molecule has 1 rings (SSSR count). The normalized spacial score (nSPS) is 16.2. The average Bonchev–Trinajstić information content (AvgIpc) is 2.57. The predicted octanol–water partition coefficient (Wildman–Crippen LogP) is 7.85. The lowest BCUT2D eigenvalue weighted by Gasteiger charge is -2.18. The van der Waals surface area contributed by atoms with Crippen LogP contribution >= 0.6 is 0 Å². The zero-order valence-electron chi connectivity index (χ0n) is 16.4. The van der Waals surface area contributed by atoms with E-state index in [-0.39, 0.29) is 0 Å². The molecule has 0 spiro atoms. The van der Waals surface area contributed by atoms with Gasteiger partial charge in [-0.1, -0.05) is 90.1 Å². The van der Waals surface area contributed by atoms with Gasteiger partial charge in [0, 0.05) is 0 Å². The summed E-state index contributed by atoms with van der Waals surface area (Å²) in [7, 11) is 0. The van der Waals surface area contributed by atoms with Gasteiger partial charge in [0.15, 0.2) is 0 Å². The highest BCUT2D eigenvalue weighted by molar-refractivity contribution is 5.63. The van der Waals surface area contributed by atoms with Gasteiger partial charge in [-0.25, -0.2) is 0 Å². The molecule has 0 amide bonds. The van der Waals surface area contributed by atoms with Gasteiger partial charge in [-0.3, -0.25) is 0 Å². The highest BCUT2D eigenvalue weighted by atomic mass is 14.2. The number of benzene rings is 1. The van der Waals surface area contributed by atoms with E-state index in [1.165, 1.54) is 55.2 Å². The van der Waals surface area contributed by atoms with Crippen molar-refractivity contribution >= 4 is 5.57 Å². The van der Waals surface area contributed by atoms with Gasteiger partial charge in [-0.05, 0) is 54.7 Å². The Morgan fingerprint density at radius 1 is 0.870 bits per heavy atom. The zero-order valence-corrected chi connectivity index (χ0v) is 16.4. The lowest BCUT2D eigenvalue weighted by molar-refractivity contribution is 0.382. The van der Waals surface area contributed by atoms with Crippen LogP contribution < -0.4 is 0 Å². The van der Waals surface area contributed by atoms with Gasteiger partial charge >= 0.3 is 0 Å². The molecule has 0 fully saturated rings. The smallest absolute Gasteiger partial charge is 0.0190 e. The largest absolute Gasteiger partial charge is 0.0841 e. The molecule has 0 aromatic heterocycles. The van der Waals surface area contributed by atoms with E-state index in [0.717, 1.165) is 11.8 Å². The fourth-order valence-corrected chi connectivity index (χ4v) is 3.29. The summed E-state index contributed by atoms with van der Waals surface area (Å²) < 4.78 is 0. The Hall–Kier alpha value is -1.04. The van der Waals surface area contributed by atoms with Crippen LogP contribution in [-0.4, -0.2) is 0 Å². The van der Waals surface area contributed by atoms with Crippen molar-refractivity contribution in [3.8, 4) is 0 Å². The second-order valence-electron chi connectivity index (χ2n) is 7.65. The first-order valence-corrected chi connectivity index (χ1v) is 9.71. The molecule has 0 aliphatic rings. The maximum atomic E-state index is 2.43. The molecule has 1 aromatic carbocycles. The van der Waals surface area contributed by atoms with Crippen LogP contribution in [0.5, 0.6) is 0 Å². The van der Waals surface area contributed by atoms with Crippen molar-refractivity contribution in [1.29, 1.82) is 0 Å². The van der Waals surface area contributed by atoms with Crippen LogP contribution in [0.15, 0.2) is 30.3 Å². The number of hydrogen-bond acceptors (Lipinski definition) is 0. The lowest BCUT2D eigenvalue weighted by atomic mass is 9.88. The summed E-state index contributed by atoms with van der Waals surface area (Å²) in [6, 6.07) is 9.19. The highest BCUT2D eigenvalue weighted by Gasteiger charge is 2.10. The van der Waals surface area contributed by atoms with Crippen molar-refractivity contribution < 1.29 is 0 Å². The van der Waals surface area contributed by atoms with Crippen LogP contribution in [0.25, 0.3) is 5.57 Å². The average molecular weight is 315 g/mol. The van der Waals surface area contributed by atoms with Gasteiger partial charge in [0.05, 0.1) is 0 Å². The quantitative estimate of drug-likeness (QED) is 0.412. The molecule has 23 heavy (non-hydrogen) atoms. The van der Waals surface area contributed by atoms with Crippen molar-refractivity contribution in [2.24, 2.45) is 11.8 Å². The maximum Gasteiger partial charge on any atom is -0.0190 e. The van der Waals surface area contributed by atoms with Crippen molar-refractivity contribution in [3.63, 3.8) is 0 Å². The van der Waals surface area contributed by atoms with Crippen LogP contribution in [0.1, 0.15) is 97.1 Å². The molecule has 0 bridgehead atoms. The molecule has 0 nitrogen and oxygen atoms in total. The van der Waals surface area contributed by atoms with Crippen LogP contribution in [0, 0.1) is 11.8 Å². The first kappa shape index (κ1) is 20.0. The van der Waals surface area contributed by atoms with E-state index < -0.39 is 0 Å². The van der Waals surface area contributed by atoms with E-state index in [0.29, 0.717) is 5.92 Å².